The number of nitrogens with two attached hydrogens (primary N) is 1. The lowest BCUT2D eigenvalue weighted by Gasteiger charge is -2.30. The number of carbonyl (C=O) groups excluding carboxylic acids is 1. The number of hydrogen-bond donors (Lipinski definition) is 1. The smallest absolute Gasteiger partial charge is 0.274 e. The number of nitrogens with zero attached hydrogens (tertiary/aromatic N) is 6. The van der Waals surface area contributed by atoms with Crippen LogP contribution in [0.5, 0.6) is 0 Å². The van der Waals surface area contributed by atoms with Crippen molar-refractivity contribution in [3.05, 3.63) is 70.2 Å². The summed E-state index contributed by atoms with van der Waals surface area (Å²) in [5.41, 5.74) is 8.65. The Morgan fingerprint density at radius 2 is 2.11 bits per heavy atom. The third-order valence-corrected chi connectivity index (χ3v) is 6.59. The Hall–Kier alpha value is -3.74. The maximum Gasteiger partial charge on any atom is 0.274 e. The van der Waals surface area contributed by atoms with Crippen LogP contribution in [-0.2, 0) is 7.05 Å². The lowest BCUT2D eigenvalue weighted by atomic mass is 10.1. The molecule has 0 saturated carbocycles. The molecule has 3 heterocycles. The van der Waals surface area contributed by atoms with Gasteiger partial charge < -0.3 is 10.6 Å². The first-order valence-corrected chi connectivity index (χ1v) is 11.6. The zero-order valence-corrected chi connectivity index (χ0v) is 20.1. The molecular formula is C25H23ClFN7O. The van der Waals surface area contributed by atoms with Crippen molar-refractivity contribution in [3.63, 3.8) is 0 Å². The van der Waals surface area contributed by atoms with Crippen molar-refractivity contribution in [2.45, 2.75) is 25.8 Å². The second kappa shape index (κ2) is 8.80. The number of aromatic nitrogens is 4. The number of imidazole rings is 1. The molecule has 178 valence electrons. The first-order valence-electron chi connectivity index (χ1n) is 11.2. The Morgan fingerprint density at radius 1 is 1.31 bits per heavy atom. The predicted octanol–water partition coefficient (Wildman–Crippen LogP) is 4.64. The van der Waals surface area contributed by atoms with Gasteiger partial charge in [0.15, 0.2) is 0 Å². The summed E-state index contributed by atoms with van der Waals surface area (Å²) in [5.74, 6) is -0.494. The summed E-state index contributed by atoms with van der Waals surface area (Å²) in [6.07, 6.45) is 3.55. The van der Waals surface area contributed by atoms with Gasteiger partial charge in [0.25, 0.3) is 5.91 Å². The van der Waals surface area contributed by atoms with Crippen LogP contribution in [0.4, 0.5) is 10.1 Å². The van der Waals surface area contributed by atoms with E-state index in [1.807, 2.05) is 19.3 Å². The number of benzene rings is 2. The molecule has 0 bridgehead atoms. The fourth-order valence-corrected chi connectivity index (χ4v) is 4.88. The quantitative estimate of drug-likeness (QED) is 0.423. The molecule has 1 fully saturated rings. The standard InChI is InChI=1S/C25H23ClFN7O/c1-14-22(25(35)33-8-4-5-17(28)13-33)30-24(15-6-7-21(29-2)20(27)10-15)34(14)18-9-16-12-32(3)31-23(16)19(26)11-18/h6-7,9-12,17H,4-5,8,13,28H2,1,3H3/t17-/m1/s1. The van der Waals surface area contributed by atoms with Crippen molar-refractivity contribution in [2.75, 3.05) is 13.1 Å². The lowest BCUT2D eigenvalue weighted by Crippen LogP contribution is -2.46. The molecule has 5 rings (SSSR count). The van der Waals surface area contributed by atoms with E-state index in [4.69, 9.17) is 28.9 Å². The Kier molecular flexibility index (Phi) is 5.79. The second-order valence-electron chi connectivity index (χ2n) is 8.80. The average Bonchev–Trinajstić information content (AvgIpc) is 3.38. The summed E-state index contributed by atoms with van der Waals surface area (Å²) in [7, 11) is 1.81. The Balaban J connectivity index is 1.71. The number of rotatable bonds is 3. The molecule has 4 aromatic rings. The largest absolute Gasteiger partial charge is 0.336 e. The number of halogens is 2. The Labute approximate surface area is 206 Å². The van der Waals surface area contributed by atoms with Crippen LogP contribution in [0.25, 0.3) is 32.8 Å². The van der Waals surface area contributed by atoms with Gasteiger partial charge in [-0.25, -0.2) is 14.2 Å². The lowest BCUT2D eigenvalue weighted by molar-refractivity contribution is 0.0702. The molecule has 2 aromatic carbocycles. The minimum absolute atomic E-state index is 0.0726. The molecule has 8 nitrogen and oxygen atoms in total. The molecule has 0 radical (unpaired) electrons. The topological polar surface area (TPSA) is 86.3 Å². The molecule has 35 heavy (non-hydrogen) atoms. The van der Waals surface area contributed by atoms with Gasteiger partial charge in [-0.3, -0.25) is 14.0 Å². The van der Waals surface area contributed by atoms with Gasteiger partial charge in [-0.05, 0) is 38.0 Å². The molecule has 1 aliphatic rings. The van der Waals surface area contributed by atoms with Crippen molar-refractivity contribution < 1.29 is 9.18 Å². The average molecular weight is 492 g/mol. The van der Waals surface area contributed by atoms with E-state index in [0.29, 0.717) is 46.4 Å². The zero-order valence-electron chi connectivity index (χ0n) is 19.3. The minimum Gasteiger partial charge on any atom is -0.336 e. The normalized spacial score (nSPS) is 16.0. The van der Waals surface area contributed by atoms with Crippen LogP contribution in [0, 0.1) is 19.3 Å². The molecule has 1 aliphatic heterocycles. The van der Waals surface area contributed by atoms with E-state index in [2.05, 4.69) is 9.94 Å². The SMILES string of the molecule is [C-]#[N+]c1ccc(-c2nc(C(=O)N3CCC[C@@H](N)C3)c(C)n2-c2cc(Cl)c3nn(C)cc3c2)cc1F. The fraction of sp³-hybridized carbons (Fsp3) is 0.280. The number of hydrogen-bond acceptors (Lipinski definition) is 4. The van der Waals surface area contributed by atoms with Gasteiger partial charge in [-0.15, -0.1) is 0 Å². The van der Waals surface area contributed by atoms with E-state index in [1.165, 1.54) is 12.1 Å². The number of aryl methyl sites for hydroxylation is 1. The van der Waals surface area contributed by atoms with Crippen molar-refractivity contribution in [2.24, 2.45) is 12.8 Å². The summed E-state index contributed by atoms with van der Waals surface area (Å²) >= 11 is 6.56. The molecule has 0 spiro atoms. The van der Waals surface area contributed by atoms with Crippen LogP contribution in [0.1, 0.15) is 29.0 Å². The third kappa shape index (κ3) is 4.05. The minimum atomic E-state index is -0.652. The monoisotopic (exact) mass is 491 g/mol. The van der Waals surface area contributed by atoms with Crippen molar-refractivity contribution in [1.82, 2.24) is 24.2 Å². The van der Waals surface area contributed by atoms with Crippen LogP contribution in [0.2, 0.25) is 5.02 Å². The summed E-state index contributed by atoms with van der Waals surface area (Å²) in [6, 6.07) is 7.89. The highest BCUT2D eigenvalue weighted by Gasteiger charge is 2.29. The van der Waals surface area contributed by atoms with Gasteiger partial charge in [-0.2, -0.15) is 5.10 Å². The molecule has 1 atom stereocenters. The molecular weight excluding hydrogens is 469 g/mol. The van der Waals surface area contributed by atoms with Gasteiger partial charge in [0.2, 0.25) is 5.69 Å². The number of piperidine rings is 1. The number of carbonyl (C=O) groups is 1. The molecule has 0 unspecified atom stereocenters. The van der Waals surface area contributed by atoms with Crippen molar-refractivity contribution in [1.29, 1.82) is 0 Å². The molecule has 2 N–H and O–H groups in total. The van der Waals surface area contributed by atoms with E-state index < -0.39 is 5.82 Å². The van der Waals surface area contributed by atoms with Crippen LogP contribution >= 0.6 is 11.6 Å². The van der Waals surface area contributed by atoms with E-state index >= 15 is 0 Å². The van der Waals surface area contributed by atoms with Crippen LogP contribution in [0.15, 0.2) is 36.5 Å². The number of amides is 1. The number of fused-ring (bicyclic) bond motifs is 1. The van der Waals surface area contributed by atoms with Gasteiger partial charge in [0, 0.05) is 49.0 Å². The maximum atomic E-state index is 14.6. The van der Waals surface area contributed by atoms with Gasteiger partial charge in [0.1, 0.15) is 22.9 Å². The van der Waals surface area contributed by atoms with Crippen molar-refractivity contribution in [3.8, 4) is 17.1 Å². The Morgan fingerprint density at radius 3 is 2.83 bits per heavy atom. The van der Waals surface area contributed by atoms with Crippen LogP contribution in [0.3, 0.4) is 0 Å². The van der Waals surface area contributed by atoms with E-state index in [1.54, 1.807) is 33.2 Å². The highest BCUT2D eigenvalue weighted by molar-refractivity contribution is 6.35. The van der Waals surface area contributed by atoms with E-state index in [9.17, 15) is 9.18 Å². The highest BCUT2D eigenvalue weighted by atomic mass is 35.5. The number of likely N-dealkylation sites (tertiary alicyclic amines) is 1. The predicted molar refractivity (Wildman–Crippen MR) is 132 cm³/mol. The van der Waals surface area contributed by atoms with Crippen LogP contribution in [-0.4, -0.2) is 49.3 Å². The fourth-order valence-electron chi connectivity index (χ4n) is 4.62. The van der Waals surface area contributed by atoms with E-state index in [0.717, 1.165) is 18.2 Å². The second-order valence-corrected chi connectivity index (χ2v) is 9.21. The summed E-state index contributed by atoms with van der Waals surface area (Å²) < 4.78 is 18.0. The highest BCUT2D eigenvalue weighted by Crippen LogP contribution is 2.33. The third-order valence-electron chi connectivity index (χ3n) is 6.30. The maximum absolute atomic E-state index is 14.6. The Bertz CT molecular complexity index is 1520. The summed E-state index contributed by atoms with van der Waals surface area (Å²) in [4.78, 5) is 23.1. The van der Waals surface area contributed by atoms with Gasteiger partial charge >= 0.3 is 0 Å². The van der Waals surface area contributed by atoms with Gasteiger partial charge in [0.05, 0.1) is 17.3 Å². The zero-order chi connectivity index (χ0) is 24.9. The molecule has 10 heteroatoms. The van der Waals surface area contributed by atoms with E-state index in [-0.39, 0.29) is 23.3 Å². The summed E-state index contributed by atoms with van der Waals surface area (Å²) in [6.45, 7) is 10.0. The van der Waals surface area contributed by atoms with Gasteiger partial charge in [-0.1, -0.05) is 23.7 Å². The molecule has 1 amide bonds. The van der Waals surface area contributed by atoms with Crippen molar-refractivity contribution >= 4 is 34.1 Å². The van der Waals surface area contributed by atoms with Crippen LogP contribution < -0.4 is 5.73 Å². The molecule has 0 aliphatic carbocycles. The summed E-state index contributed by atoms with van der Waals surface area (Å²) in [5, 5.41) is 5.66. The first-order chi connectivity index (χ1) is 16.8. The first kappa shape index (κ1) is 23.0. The molecule has 1 saturated heterocycles. The molecule has 2 aromatic heterocycles.